The van der Waals surface area contributed by atoms with Crippen LogP contribution in [0, 0.1) is 13.8 Å². The van der Waals surface area contributed by atoms with Crippen LogP contribution >= 0.6 is 11.3 Å². The minimum Gasteiger partial charge on any atom is -0.350 e. The van der Waals surface area contributed by atoms with Gasteiger partial charge in [-0.05, 0) is 13.8 Å². The number of nitrogens with one attached hydrogen (secondary N) is 1. The van der Waals surface area contributed by atoms with Crippen molar-refractivity contribution >= 4 is 22.2 Å². The molecule has 0 aliphatic rings. The molecule has 114 valence electrons. The number of imidazole rings is 1. The molecule has 2 aromatic heterocycles. The fraction of sp³-hybridized carbons (Fsp3) is 0.250. The first-order valence-corrected chi connectivity index (χ1v) is 7.95. The van der Waals surface area contributed by atoms with E-state index in [9.17, 15) is 4.79 Å². The van der Waals surface area contributed by atoms with Gasteiger partial charge in [-0.1, -0.05) is 41.2 Å². The van der Waals surface area contributed by atoms with E-state index in [0.29, 0.717) is 18.0 Å². The predicted molar refractivity (Wildman–Crippen MR) is 89.4 cm³/mol. The summed E-state index contributed by atoms with van der Waals surface area (Å²) in [7, 11) is 0. The van der Waals surface area contributed by atoms with Crippen molar-refractivity contribution in [3.63, 3.8) is 0 Å². The number of hydrogen-bond acceptors (Lipinski definition) is 4. The van der Waals surface area contributed by atoms with Crippen LogP contribution in [0.2, 0.25) is 0 Å². The molecule has 22 heavy (non-hydrogen) atoms. The molecule has 3 rings (SSSR count). The number of carbonyl (C=O) groups is 1. The Kier molecular flexibility index (Phi) is 3.96. The van der Waals surface area contributed by atoms with Crippen molar-refractivity contribution in [3.8, 4) is 11.3 Å². The number of nitrogens with two attached hydrogens (primary N) is 1. The Bertz CT molecular complexity index is 817. The van der Waals surface area contributed by atoms with E-state index < -0.39 is 0 Å². The summed E-state index contributed by atoms with van der Waals surface area (Å²) in [6.45, 7) is 4.91. The minimum atomic E-state index is -0.0877. The molecule has 5 nitrogen and oxygen atoms in total. The number of benzene rings is 1. The molecular weight excluding hydrogens is 296 g/mol. The molecule has 0 aliphatic carbocycles. The van der Waals surface area contributed by atoms with Crippen molar-refractivity contribution in [2.24, 2.45) is 5.73 Å². The molecule has 3 aromatic rings. The smallest absolute Gasteiger partial charge is 0.263 e. The molecule has 3 N–H and O–H groups in total. The second-order valence-corrected chi connectivity index (χ2v) is 6.18. The number of fused-ring (bicyclic) bond motifs is 1. The highest BCUT2D eigenvalue weighted by Crippen LogP contribution is 2.27. The lowest BCUT2D eigenvalue weighted by molar-refractivity contribution is 0.0958. The maximum atomic E-state index is 12.1. The zero-order valence-electron chi connectivity index (χ0n) is 12.6. The Morgan fingerprint density at radius 2 is 2.05 bits per heavy atom. The maximum Gasteiger partial charge on any atom is 0.263 e. The number of nitrogens with zero attached hydrogens (tertiary/aromatic N) is 2. The van der Waals surface area contributed by atoms with E-state index >= 15 is 0 Å². The van der Waals surface area contributed by atoms with Crippen LogP contribution in [0.4, 0.5) is 0 Å². The molecule has 0 aliphatic heterocycles. The van der Waals surface area contributed by atoms with Gasteiger partial charge in [-0.25, -0.2) is 4.98 Å². The van der Waals surface area contributed by atoms with Crippen LogP contribution in [-0.4, -0.2) is 28.4 Å². The van der Waals surface area contributed by atoms with Crippen molar-refractivity contribution in [2.45, 2.75) is 13.8 Å². The van der Waals surface area contributed by atoms with E-state index in [0.717, 1.165) is 21.9 Å². The molecule has 0 spiro atoms. The van der Waals surface area contributed by atoms with E-state index in [1.807, 2.05) is 17.5 Å². The van der Waals surface area contributed by atoms with Crippen LogP contribution < -0.4 is 11.1 Å². The van der Waals surface area contributed by atoms with Gasteiger partial charge in [-0.15, -0.1) is 0 Å². The van der Waals surface area contributed by atoms with Gasteiger partial charge in [0.25, 0.3) is 5.91 Å². The van der Waals surface area contributed by atoms with Gasteiger partial charge in [0, 0.05) is 30.5 Å². The van der Waals surface area contributed by atoms with Gasteiger partial charge < -0.3 is 11.1 Å². The third-order valence-electron chi connectivity index (χ3n) is 3.54. The average molecular weight is 314 g/mol. The molecule has 1 amide bonds. The Morgan fingerprint density at radius 3 is 2.68 bits per heavy atom. The number of thiazole rings is 1. The highest BCUT2D eigenvalue weighted by atomic mass is 32.1. The Labute approximate surface area is 132 Å². The Balaban J connectivity index is 1.95. The molecule has 0 atom stereocenters. The lowest BCUT2D eigenvalue weighted by atomic mass is 10.1. The Morgan fingerprint density at radius 1 is 1.32 bits per heavy atom. The van der Waals surface area contributed by atoms with E-state index in [2.05, 4.69) is 41.5 Å². The molecule has 2 heterocycles. The molecule has 0 unspecified atom stereocenters. The number of aromatic nitrogens is 2. The van der Waals surface area contributed by atoms with Crippen molar-refractivity contribution in [1.82, 2.24) is 14.7 Å². The zero-order valence-corrected chi connectivity index (χ0v) is 13.4. The topological polar surface area (TPSA) is 72.4 Å². The SMILES string of the molecule is Cc1ccc(-c2cn3c(C)c(C(=O)NCCN)sc3n2)cc1. The van der Waals surface area contributed by atoms with Crippen LogP contribution in [0.3, 0.4) is 0 Å². The zero-order chi connectivity index (χ0) is 15.7. The number of carbonyl (C=O) groups excluding carboxylic acids is 1. The van der Waals surface area contributed by atoms with Crippen LogP contribution in [0.15, 0.2) is 30.5 Å². The first kappa shape index (κ1) is 14.7. The average Bonchev–Trinajstić information content (AvgIpc) is 3.06. The molecule has 1 aromatic carbocycles. The summed E-state index contributed by atoms with van der Waals surface area (Å²) in [6.07, 6.45) is 1.98. The van der Waals surface area contributed by atoms with Gasteiger partial charge in [0.15, 0.2) is 4.96 Å². The van der Waals surface area contributed by atoms with Crippen LogP contribution in [0.5, 0.6) is 0 Å². The lowest BCUT2D eigenvalue weighted by Crippen LogP contribution is -2.28. The van der Waals surface area contributed by atoms with E-state index in [1.54, 1.807) is 0 Å². The molecule has 0 saturated heterocycles. The summed E-state index contributed by atoms with van der Waals surface area (Å²) >= 11 is 1.40. The first-order chi connectivity index (χ1) is 10.6. The van der Waals surface area contributed by atoms with Gasteiger partial charge >= 0.3 is 0 Å². The first-order valence-electron chi connectivity index (χ1n) is 7.14. The largest absolute Gasteiger partial charge is 0.350 e. The maximum absolute atomic E-state index is 12.1. The highest BCUT2D eigenvalue weighted by Gasteiger charge is 2.17. The van der Waals surface area contributed by atoms with E-state index in [-0.39, 0.29) is 5.91 Å². The number of hydrogen-bond donors (Lipinski definition) is 2. The van der Waals surface area contributed by atoms with E-state index in [4.69, 9.17) is 5.73 Å². The Hall–Kier alpha value is -2.18. The summed E-state index contributed by atoms with van der Waals surface area (Å²) in [6, 6.07) is 8.26. The van der Waals surface area contributed by atoms with Crippen LogP contribution in [-0.2, 0) is 0 Å². The molecule has 0 fully saturated rings. The molecule has 0 bridgehead atoms. The monoisotopic (exact) mass is 314 g/mol. The summed E-state index contributed by atoms with van der Waals surface area (Å²) in [4.78, 5) is 18.2. The molecule has 6 heteroatoms. The molecule has 0 radical (unpaired) electrons. The summed E-state index contributed by atoms with van der Waals surface area (Å²) in [5.74, 6) is -0.0877. The van der Waals surface area contributed by atoms with Gasteiger partial charge in [0.1, 0.15) is 4.88 Å². The number of amides is 1. The van der Waals surface area contributed by atoms with Crippen LogP contribution in [0.1, 0.15) is 20.9 Å². The fourth-order valence-electron chi connectivity index (χ4n) is 2.29. The standard InChI is InChI=1S/C16H18N4OS/c1-10-3-5-12(6-4-10)13-9-20-11(2)14(22-16(20)19-13)15(21)18-8-7-17/h3-6,9H,7-8,17H2,1-2H3,(H,18,21). The number of aryl methyl sites for hydroxylation is 2. The fourth-order valence-corrected chi connectivity index (χ4v) is 3.32. The summed E-state index contributed by atoms with van der Waals surface area (Å²) in [5, 5.41) is 2.80. The van der Waals surface area contributed by atoms with Crippen molar-refractivity contribution < 1.29 is 4.79 Å². The summed E-state index contributed by atoms with van der Waals surface area (Å²) < 4.78 is 1.97. The van der Waals surface area contributed by atoms with Crippen LogP contribution in [0.25, 0.3) is 16.2 Å². The lowest BCUT2D eigenvalue weighted by Gasteiger charge is -2.01. The normalized spacial score (nSPS) is 11.0. The predicted octanol–water partition coefficient (Wildman–Crippen LogP) is 2.37. The van der Waals surface area contributed by atoms with Gasteiger partial charge in [-0.2, -0.15) is 0 Å². The highest BCUT2D eigenvalue weighted by molar-refractivity contribution is 7.19. The third kappa shape index (κ3) is 2.63. The third-order valence-corrected chi connectivity index (χ3v) is 4.70. The quantitative estimate of drug-likeness (QED) is 0.776. The van der Waals surface area contributed by atoms with Gasteiger partial charge in [-0.3, -0.25) is 9.20 Å². The van der Waals surface area contributed by atoms with Crippen molar-refractivity contribution in [1.29, 1.82) is 0 Å². The van der Waals surface area contributed by atoms with Crippen molar-refractivity contribution in [2.75, 3.05) is 13.1 Å². The number of rotatable bonds is 4. The van der Waals surface area contributed by atoms with Gasteiger partial charge in [0.05, 0.1) is 5.69 Å². The van der Waals surface area contributed by atoms with Gasteiger partial charge in [0.2, 0.25) is 0 Å². The molecule has 0 saturated carbocycles. The second-order valence-electron chi connectivity index (χ2n) is 5.21. The summed E-state index contributed by atoms with van der Waals surface area (Å²) in [5.41, 5.74) is 9.54. The second kappa shape index (κ2) is 5.90. The van der Waals surface area contributed by atoms with E-state index in [1.165, 1.54) is 16.9 Å². The minimum absolute atomic E-state index is 0.0877. The molecular formula is C16H18N4OS. The van der Waals surface area contributed by atoms with Crippen molar-refractivity contribution in [3.05, 3.63) is 46.6 Å².